The van der Waals surface area contributed by atoms with E-state index in [2.05, 4.69) is 20.8 Å². The van der Waals surface area contributed by atoms with Gasteiger partial charge in [-0.25, -0.2) is 0 Å². The number of hydrogen-bond donors (Lipinski definition) is 2. The quantitative estimate of drug-likeness (QED) is 0.293. The highest BCUT2D eigenvalue weighted by molar-refractivity contribution is 6.11. The minimum atomic E-state index is -0.392. The summed E-state index contributed by atoms with van der Waals surface area (Å²) in [5.74, 6) is -0.210. The number of pyridine rings is 2. The van der Waals surface area contributed by atoms with Crippen LogP contribution in [-0.2, 0) is 22.4 Å². The molecule has 236 valence electrons. The molecule has 0 unspecified atom stereocenters. The van der Waals surface area contributed by atoms with E-state index in [1.54, 1.807) is 85.5 Å². The number of halogens is 2. The SMILES string of the molecule is COc1ccc2c(c1)C(=O)N(Nc1ccncc1)C(=O)C2.COc1ccc2c(c1)C(=O)N(Nc1ccncc1)C(=O)C2.Cl.Cl.O. The molecule has 4 heterocycles. The van der Waals surface area contributed by atoms with E-state index >= 15 is 0 Å². The third-order valence-corrected chi connectivity index (χ3v) is 6.53. The number of carbonyl (C=O) groups excluding carboxylic acids is 4. The highest BCUT2D eigenvalue weighted by Gasteiger charge is 2.32. The number of aromatic nitrogens is 2. The van der Waals surface area contributed by atoms with Gasteiger partial charge < -0.3 is 14.9 Å². The van der Waals surface area contributed by atoms with E-state index in [1.165, 1.54) is 14.2 Å². The van der Waals surface area contributed by atoms with Crippen molar-refractivity contribution in [1.82, 2.24) is 20.0 Å². The maximum absolute atomic E-state index is 12.5. The van der Waals surface area contributed by atoms with Crippen molar-refractivity contribution in [2.45, 2.75) is 12.8 Å². The number of imide groups is 2. The van der Waals surface area contributed by atoms with Crippen LogP contribution >= 0.6 is 24.8 Å². The Morgan fingerprint density at radius 3 is 1.29 bits per heavy atom. The third-order valence-electron chi connectivity index (χ3n) is 6.53. The largest absolute Gasteiger partial charge is 0.497 e. The van der Waals surface area contributed by atoms with E-state index in [9.17, 15) is 19.2 Å². The number of methoxy groups -OCH3 is 2. The zero-order chi connectivity index (χ0) is 29.6. The standard InChI is InChI=1S/2C15H13N3O3.2ClH.H2O/c2*1-21-12-3-2-10-8-14(19)18(15(20)13(10)9-12)17-11-4-6-16-7-5-11;;;/h2*2-7,9H,8H2,1H3,(H,16,17);2*1H;1H2. The predicted octanol–water partition coefficient (Wildman–Crippen LogP) is 3.30. The van der Waals surface area contributed by atoms with Crippen LogP contribution in [0.2, 0.25) is 0 Å². The van der Waals surface area contributed by atoms with Gasteiger partial charge in [0, 0.05) is 35.9 Å². The number of fused-ring (bicyclic) bond motifs is 2. The highest BCUT2D eigenvalue weighted by Crippen LogP contribution is 2.26. The van der Waals surface area contributed by atoms with Crippen LogP contribution in [0.25, 0.3) is 0 Å². The lowest BCUT2D eigenvalue weighted by Gasteiger charge is -2.27. The Labute approximate surface area is 270 Å². The van der Waals surface area contributed by atoms with E-state index < -0.39 is 11.8 Å². The number of hydrogen-bond acceptors (Lipinski definition) is 10. The fraction of sp³-hybridized carbons (Fsp3) is 0.133. The number of nitrogens with one attached hydrogen (secondary N) is 2. The molecule has 0 atom stereocenters. The monoisotopic (exact) mass is 656 g/mol. The molecule has 0 saturated carbocycles. The second-order valence-electron chi connectivity index (χ2n) is 9.16. The van der Waals surface area contributed by atoms with Gasteiger partial charge in [-0.05, 0) is 59.7 Å². The third kappa shape index (κ3) is 8.03. The van der Waals surface area contributed by atoms with Crippen LogP contribution in [0, 0.1) is 0 Å². The lowest BCUT2D eigenvalue weighted by atomic mass is 9.99. The Balaban J connectivity index is 0.000000294. The first-order chi connectivity index (χ1) is 20.4. The number of benzene rings is 2. The molecule has 0 saturated heterocycles. The summed E-state index contributed by atoms with van der Waals surface area (Å²) in [5.41, 5.74) is 9.22. The molecule has 2 aromatic heterocycles. The molecular formula is C30H30Cl2N6O7. The Hall–Kier alpha value is -5.24. The second-order valence-corrected chi connectivity index (χ2v) is 9.16. The van der Waals surface area contributed by atoms with Gasteiger partial charge >= 0.3 is 0 Å². The Kier molecular flexibility index (Phi) is 12.8. The molecular weight excluding hydrogens is 627 g/mol. The lowest BCUT2D eigenvalue weighted by molar-refractivity contribution is -0.128. The summed E-state index contributed by atoms with van der Waals surface area (Å²) < 4.78 is 10.2. The molecule has 13 nitrogen and oxygen atoms in total. The van der Waals surface area contributed by atoms with Crippen LogP contribution in [-0.4, -0.2) is 63.3 Å². The number of nitrogens with zero attached hydrogens (tertiary/aromatic N) is 4. The summed E-state index contributed by atoms with van der Waals surface area (Å²) in [4.78, 5) is 57.0. The molecule has 6 rings (SSSR count). The molecule has 2 aromatic carbocycles. The lowest BCUT2D eigenvalue weighted by Crippen LogP contribution is -2.45. The molecule has 0 fully saturated rings. The summed E-state index contributed by atoms with van der Waals surface area (Å²) >= 11 is 0. The topological polar surface area (TPSA) is 175 Å². The summed E-state index contributed by atoms with van der Waals surface area (Å²) in [6.45, 7) is 0. The first kappa shape index (κ1) is 36.0. The average molecular weight is 658 g/mol. The molecule has 0 radical (unpaired) electrons. The van der Waals surface area contributed by atoms with Crippen molar-refractivity contribution in [3.8, 4) is 11.5 Å². The van der Waals surface area contributed by atoms with Gasteiger partial charge in [0.25, 0.3) is 23.6 Å². The minimum Gasteiger partial charge on any atom is -0.497 e. The first-order valence-electron chi connectivity index (χ1n) is 12.8. The molecule has 0 aliphatic carbocycles. The van der Waals surface area contributed by atoms with Gasteiger partial charge in [-0.15, -0.1) is 24.8 Å². The molecule has 4 aromatic rings. The van der Waals surface area contributed by atoms with Crippen LogP contribution in [0.3, 0.4) is 0 Å². The number of hydrazine groups is 2. The molecule has 45 heavy (non-hydrogen) atoms. The van der Waals surface area contributed by atoms with Crippen molar-refractivity contribution in [1.29, 1.82) is 0 Å². The summed E-state index contributed by atoms with van der Waals surface area (Å²) in [6, 6.07) is 17.0. The van der Waals surface area contributed by atoms with Crippen molar-refractivity contribution in [2.75, 3.05) is 25.1 Å². The van der Waals surface area contributed by atoms with Crippen molar-refractivity contribution in [3.63, 3.8) is 0 Å². The number of carbonyl (C=O) groups is 4. The highest BCUT2D eigenvalue weighted by atomic mass is 35.5. The summed E-state index contributed by atoms with van der Waals surface area (Å²) in [7, 11) is 3.07. The van der Waals surface area contributed by atoms with Gasteiger partial charge in [0.2, 0.25) is 0 Å². The Morgan fingerprint density at radius 2 is 0.956 bits per heavy atom. The van der Waals surface area contributed by atoms with Gasteiger partial charge in [-0.3, -0.25) is 40.0 Å². The minimum absolute atomic E-state index is 0. The molecule has 4 N–H and O–H groups in total. The molecule has 15 heteroatoms. The van der Waals surface area contributed by atoms with Gasteiger partial charge in [0.05, 0.1) is 38.4 Å². The molecule has 0 bridgehead atoms. The van der Waals surface area contributed by atoms with Crippen LogP contribution in [0.4, 0.5) is 11.4 Å². The number of ether oxygens (including phenoxy) is 2. The van der Waals surface area contributed by atoms with Gasteiger partial charge in [-0.2, -0.15) is 10.0 Å². The Morgan fingerprint density at radius 1 is 0.600 bits per heavy atom. The maximum atomic E-state index is 12.5. The maximum Gasteiger partial charge on any atom is 0.279 e. The predicted molar refractivity (Wildman–Crippen MR) is 170 cm³/mol. The Bertz CT molecular complexity index is 1540. The summed E-state index contributed by atoms with van der Waals surface area (Å²) in [6.07, 6.45) is 6.67. The number of anilines is 2. The normalized spacial score (nSPS) is 12.9. The van der Waals surface area contributed by atoms with Crippen molar-refractivity contribution >= 4 is 59.8 Å². The molecule has 4 amide bonds. The van der Waals surface area contributed by atoms with E-state index in [1.807, 2.05) is 0 Å². The van der Waals surface area contributed by atoms with Crippen LogP contribution in [0.1, 0.15) is 31.8 Å². The van der Waals surface area contributed by atoms with Crippen molar-refractivity contribution in [3.05, 3.63) is 108 Å². The van der Waals surface area contributed by atoms with E-state index in [0.29, 0.717) is 45.1 Å². The van der Waals surface area contributed by atoms with Gasteiger partial charge in [-0.1, -0.05) is 12.1 Å². The van der Waals surface area contributed by atoms with Crippen LogP contribution in [0.5, 0.6) is 11.5 Å². The average Bonchev–Trinajstić information content (AvgIpc) is 3.02. The second kappa shape index (κ2) is 16.0. The van der Waals surface area contributed by atoms with E-state index in [-0.39, 0.29) is 54.9 Å². The number of amides is 4. The fourth-order valence-electron chi connectivity index (χ4n) is 4.36. The van der Waals surface area contributed by atoms with Crippen molar-refractivity contribution < 1.29 is 34.1 Å². The smallest absolute Gasteiger partial charge is 0.279 e. The van der Waals surface area contributed by atoms with E-state index in [4.69, 9.17) is 9.47 Å². The zero-order valence-corrected chi connectivity index (χ0v) is 25.7. The zero-order valence-electron chi connectivity index (χ0n) is 24.1. The molecule has 0 spiro atoms. The molecule has 2 aliphatic heterocycles. The number of rotatable bonds is 6. The van der Waals surface area contributed by atoms with Crippen LogP contribution in [0.15, 0.2) is 85.5 Å². The van der Waals surface area contributed by atoms with E-state index in [0.717, 1.165) is 10.0 Å². The first-order valence-corrected chi connectivity index (χ1v) is 12.8. The van der Waals surface area contributed by atoms with Crippen molar-refractivity contribution in [2.24, 2.45) is 0 Å². The molecule has 2 aliphatic rings. The fourth-order valence-corrected chi connectivity index (χ4v) is 4.36. The van der Waals surface area contributed by atoms with Gasteiger partial charge in [0.1, 0.15) is 11.5 Å². The van der Waals surface area contributed by atoms with Crippen LogP contribution < -0.4 is 20.3 Å². The van der Waals surface area contributed by atoms with Gasteiger partial charge in [0.15, 0.2) is 0 Å². The summed E-state index contributed by atoms with van der Waals surface area (Å²) in [5, 5.41) is 2.05.